The van der Waals surface area contributed by atoms with Crippen LogP contribution in [0.3, 0.4) is 0 Å². The van der Waals surface area contributed by atoms with Gasteiger partial charge in [-0.25, -0.2) is 8.42 Å². The second-order valence-corrected chi connectivity index (χ2v) is 10.7. The second kappa shape index (κ2) is 8.94. The maximum atomic E-state index is 12.6. The van der Waals surface area contributed by atoms with Gasteiger partial charge in [0, 0.05) is 0 Å². The molecule has 0 unspecified atom stereocenters. The van der Waals surface area contributed by atoms with Crippen LogP contribution in [0.1, 0.15) is 44.9 Å². The lowest BCUT2D eigenvalue weighted by molar-refractivity contribution is -0.120. The Morgan fingerprint density at radius 1 is 1.10 bits per heavy atom. The highest BCUT2D eigenvalue weighted by Crippen LogP contribution is 2.33. The molecule has 0 bridgehead atoms. The highest BCUT2D eigenvalue weighted by molar-refractivity contribution is 7.92. The molecule has 0 aliphatic carbocycles. The number of benzene rings is 2. The van der Waals surface area contributed by atoms with Gasteiger partial charge in [-0.2, -0.15) is 0 Å². The van der Waals surface area contributed by atoms with Crippen molar-refractivity contribution in [3.05, 3.63) is 63.6 Å². The smallest absolute Gasteiger partial charge is 0.241 e. The number of nitrogens with zero attached hydrogens (tertiary/aromatic N) is 1. The van der Waals surface area contributed by atoms with Crippen molar-refractivity contribution in [2.24, 2.45) is 0 Å². The van der Waals surface area contributed by atoms with E-state index in [1.165, 1.54) is 11.6 Å². The number of amides is 1. The van der Waals surface area contributed by atoms with Gasteiger partial charge in [0.05, 0.1) is 28.0 Å². The normalized spacial score (nSPS) is 13.1. The molecule has 1 atom stereocenters. The Morgan fingerprint density at radius 3 is 2.21 bits per heavy atom. The van der Waals surface area contributed by atoms with E-state index in [1.54, 1.807) is 12.1 Å². The standard InChI is InChI=1S/C21H26Cl2N2O3S/c1-14(15-9-11-16(12-10-15)21(2,3)4)24-19(26)13-25(29(5,27)28)18-8-6-7-17(22)20(18)23/h6-12,14H,13H2,1-5H3,(H,24,26)/t14-/m0/s1. The molecule has 0 saturated heterocycles. The van der Waals surface area contributed by atoms with Crippen LogP contribution < -0.4 is 9.62 Å². The predicted molar refractivity (Wildman–Crippen MR) is 120 cm³/mol. The quantitative estimate of drug-likeness (QED) is 0.669. The SMILES string of the molecule is C[C@H](NC(=O)CN(c1cccc(Cl)c1Cl)S(C)(=O)=O)c1ccc(C(C)(C)C)cc1. The zero-order valence-corrected chi connectivity index (χ0v) is 19.5. The molecule has 0 aromatic heterocycles. The van der Waals surface area contributed by atoms with E-state index in [0.717, 1.165) is 16.1 Å². The summed E-state index contributed by atoms with van der Waals surface area (Å²) in [6, 6.07) is 12.4. The molecule has 1 amide bonds. The number of rotatable bonds is 6. The number of anilines is 1. The number of hydrogen-bond donors (Lipinski definition) is 1. The lowest BCUT2D eigenvalue weighted by Crippen LogP contribution is -2.41. The van der Waals surface area contributed by atoms with E-state index in [9.17, 15) is 13.2 Å². The van der Waals surface area contributed by atoms with Crippen molar-refractivity contribution in [1.82, 2.24) is 5.32 Å². The molecule has 2 aromatic rings. The molecule has 0 aliphatic heterocycles. The predicted octanol–water partition coefficient (Wildman–Crippen LogP) is 4.93. The maximum absolute atomic E-state index is 12.6. The molecule has 158 valence electrons. The van der Waals surface area contributed by atoms with Crippen molar-refractivity contribution < 1.29 is 13.2 Å². The highest BCUT2D eigenvalue weighted by Gasteiger charge is 2.24. The number of hydrogen-bond acceptors (Lipinski definition) is 3. The Bertz CT molecular complexity index is 984. The van der Waals surface area contributed by atoms with Crippen LogP contribution in [0.2, 0.25) is 10.0 Å². The van der Waals surface area contributed by atoms with Crippen molar-refractivity contribution in [1.29, 1.82) is 0 Å². The third-order valence-electron chi connectivity index (χ3n) is 4.54. The summed E-state index contributed by atoms with van der Waals surface area (Å²) in [6.45, 7) is 7.85. The Hall–Kier alpha value is -1.76. The van der Waals surface area contributed by atoms with Gasteiger partial charge in [-0.3, -0.25) is 9.10 Å². The largest absolute Gasteiger partial charge is 0.348 e. The first-order valence-corrected chi connectivity index (χ1v) is 11.7. The zero-order valence-electron chi connectivity index (χ0n) is 17.2. The summed E-state index contributed by atoms with van der Waals surface area (Å²) in [6.07, 6.45) is 1.02. The summed E-state index contributed by atoms with van der Waals surface area (Å²) >= 11 is 12.2. The zero-order chi connectivity index (χ0) is 22.0. The average molecular weight is 457 g/mol. The number of sulfonamides is 1. The molecule has 8 heteroatoms. The highest BCUT2D eigenvalue weighted by atomic mass is 35.5. The average Bonchev–Trinajstić information content (AvgIpc) is 2.61. The number of halogens is 2. The van der Waals surface area contributed by atoms with Crippen LogP contribution in [0, 0.1) is 0 Å². The number of nitrogens with one attached hydrogen (secondary N) is 1. The van der Waals surface area contributed by atoms with Gasteiger partial charge in [0.2, 0.25) is 15.9 Å². The molecule has 0 fully saturated rings. The van der Waals surface area contributed by atoms with Crippen LogP contribution in [0.15, 0.2) is 42.5 Å². The maximum Gasteiger partial charge on any atom is 0.241 e. The monoisotopic (exact) mass is 456 g/mol. The van der Waals surface area contributed by atoms with Crippen molar-refractivity contribution in [3.8, 4) is 0 Å². The molecule has 2 aromatic carbocycles. The Balaban J connectivity index is 2.17. The minimum atomic E-state index is -3.75. The third kappa shape index (κ3) is 6.11. The van der Waals surface area contributed by atoms with E-state index >= 15 is 0 Å². The van der Waals surface area contributed by atoms with Gasteiger partial charge in [-0.1, -0.05) is 74.3 Å². The summed E-state index contributed by atoms with van der Waals surface area (Å²) in [5, 5.41) is 3.13. The summed E-state index contributed by atoms with van der Waals surface area (Å²) in [7, 11) is -3.75. The van der Waals surface area contributed by atoms with Crippen LogP contribution in [-0.4, -0.2) is 27.1 Å². The first-order chi connectivity index (χ1) is 13.3. The molecular weight excluding hydrogens is 431 g/mol. The van der Waals surface area contributed by atoms with Crippen LogP contribution in [-0.2, 0) is 20.2 Å². The van der Waals surface area contributed by atoms with E-state index in [0.29, 0.717) is 0 Å². The van der Waals surface area contributed by atoms with Crippen LogP contribution >= 0.6 is 23.2 Å². The molecule has 0 saturated carbocycles. The molecule has 0 spiro atoms. The molecule has 0 radical (unpaired) electrons. The van der Waals surface area contributed by atoms with Crippen molar-refractivity contribution in [3.63, 3.8) is 0 Å². The van der Waals surface area contributed by atoms with Gasteiger partial charge < -0.3 is 5.32 Å². The molecule has 29 heavy (non-hydrogen) atoms. The Morgan fingerprint density at radius 2 is 1.69 bits per heavy atom. The van der Waals surface area contributed by atoms with Gasteiger partial charge in [0.15, 0.2) is 0 Å². The van der Waals surface area contributed by atoms with Crippen molar-refractivity contribution in [2.45, 2.75) is 39.2 Å². The summed E-state index contributed by atoms with van der Waals surface area (Å²) in [5.41, 5.74) is 2.33. The fourth-order valence-corrected chi connectivity index (χ4v) is 4.15. The Kier molecular flexibility index (Phi) is 7.25. The van der Waals surface area contributed by atoms with Gasteiger partial charge in [-0.15, -0.1) is 0 Å². The summed E-state index contributed by atoms with van der Waals surface area (Å²) in [5.74, 6) is -0.445. The third-order valence-corrected chi connectivity index (χ3v) is 6.48. The first-order valence-electron chi connectivity index (χ1n) is 9.12. The molecule has 1 N–H and O–H groups in total. The molecular formula is C21H26Cl2N2O3S. The lowest BCUT2D eigenvalue weighted by Gasteiger charge is -2.24. The molecule has 0 heterocycles. The van der Waals surface area contributed by atoms with Crippen LogP contribution in [0.4, 0.5) is 5.69 Å². The molecule has 2 rings (SSSR count). The van der Waals surface area contributed by atoms with E-state index in [1.807, 2.05) is 31.2 Å². The minimum absolute atomic E-state index is 0.0389. The fourth-order valence-electron chi connectivity index (χ4n) is 2.84. The fraction of sp³-hybridized carbons (Fsp3) is 0.381. The van der Waals surface area contributed by atoms with Crippen LogP contribution in [0.25, 0.3) is 0 Å². The number of carbonyl (C=O) groups is 1. The van der Waals surface area contributed by atoms with E-state index in [-0.39, 0.29) is 27.2 Å². The van der Waals surface area contributed by atoms with Crippen molar-refractivity contribution >= 4 is 44.8 Å². The van der Waals surface area contributed by atoms with E-state index < -0.39 is 22.5 Å². The van der Waals surface area contributed by atoms with E-state index in [4.69, 9.17) is 23.2 Å². The minimum Gasteiger partial charge on any atom is -0.348 e. The van der Waals surface area contributed by atoms with E-state index in [2.05, 4.69) is 26.1 Å². The van der Waals surface area contributed by atoms with Gasteiger partial charge in [-0.05, 0) is 35.6 Å². The first kappa shape index (κ1) is 23.5. The van der Waals surface area contributed by atoms with Gasteiger partial charge >= 0.3 is 0 Å². The molecule has 0 aliphatic rings. The Labute approximate surface area is 183 Å². The van der Waals surface area contributed by atoms with Crippen molar-refractivity contribution in [2.75, 3.05) is 17.1 Å². The topological polar surface area (TPSA) is 66.5 Å². The van der Waals surface area contributed by atoms with Crippen LogP contribution in [0.5, 0.6) is 0 Å². The summed E-state index contributed by atoms with van der Waals surface area (Å²) in [4.78, 5) is 12.6. The summed E-state index contributed by atoms with van der Waals surface area (Å²) < 4.78 is 25.5. The lowest BCUT2D eigenvalue weighted by atomic mass is 9.86. The molecule has 5 nitrogen and oxygen atoms in total. The number of carbonyl (C=O) groups excluding carboxylic acids is 1. The van der Waals surface area contributed by atoms with Gasteiger partial charge in [0.25, 0.3) is 0 Å². The van der Waals surface area contributed by atoms with Gasteiger partial charge in [0.1, 0.15) is 6.54 Å². The second-order valence-electron chi connectivity index (χ2n) is 8.00.